The summed E-state index contributed by atoms with van der Waals surface area (Å²) >= 11 is 0. The third-order valence-corrected chi connectivity index (χ3v) is 5.75. The molecule has 2 amide bonds. The van der Waals surface area contributed by atoms with E-state index in [4.69, 9.17) is 9.15 Å². The van der Waals surface area contributed by atoms with Crippen molar-refractivity contribution in [1.29, 1.82) is 0 Å². The van der Waals surface area contributed by atoms with Crippen LogP contribution in [-0.2, 0) is 20.4 Å². The summed E-state index contributed by atoms with van der Waals surface area (Å²) in [5, 5.41) is 11.8. The number of esters is 1. The smallest absolute Gasteiger partial charge is 0.337 e. The Hall–Kier alpha value is -2.92. The minimum absolute atomic E-state index is 0.0686. The first-order valence-electron chi connectivity index (χ1n) is 9.96. The van der Waals surface area contributed by atoms with Crippen molar-refractivity contribution in [1.82, 2.24) is 9.71 Å². The Labute approximate surface area is 187 Å². The number of amides is 2. The van der Waals surface area contributed by atoms with Gasteiger partial charge in [-0.25, -0.2) is 19.3 Å². The molecule has 3 N–H and O–H groups in total. The Bertz CT molecular complexity index is 1080. The molecule has 0 unspecified atom stereocenters. The summed E-state index contributed by atoms with van der Waals surface area (Å²) in [6.45, 7) is 10.3. The molecule has 0 aliphatic rings. The molecule has 0 aliphatic carbocycles. The van der Waals surface area contributed by atoms with Gasteiger partial charge in [0.2, 0.25) is 0 Å². The lowest BCUT2D eigenvalue weighted by molar-refractivity contribution is 0.0500. The van der Waals surface area contributed by atoms with Crippen LogP contribution in [0.4, 0.5) is 10.5 Å². The number of methoxy groups -OCH3 is 1. The van der Waals surface area contributed by atoms with Gasteiger partial charge in [-0.15, -0.1) is 0 Å². The first kappa shape index (κ1) is 25.3. The molecule has 32 heavy (non-hydrogen) atoms. The van der Waals surface area contributed by atoms with Gasteiger partial charge in [-0.3, -0.25) is 0 Å². The second kappa shape index (κ2) is 9.29. The van der Waals surface area contributed by atoms with Crippen LogP contribution in [-0.4, -0.2) is 37.6 Å². The Morgan fingerprint density at radius 1 is 1.12 bits per heavy atom. The van der Waals surface area contributed by atoms with Gasteiger partial charge in [0.1, 0.15) is 5.60 Å². The summed E-state index contributed by atoms with van der Waals surface area (Å²) in [6, 6.07) is 2.19. The number of benzene rings is 1. The number of urea groups is 1. The van der Waals surface area contributed by atoms with E-state index in [1.807, 2.05) is 32.4 Å². The summed E-state index contributed by atoms with van der Waals surface area (Å²) in [4.78, 5) is 28.3. The van der Waals surface area contributed by atoms with E-state index >= 15 is 0 Å². The lowest BCUT2D eigenvalue weighted by atomic mass is 9.90. The molecule has 0 atom stereocenters. The summed E-state index contributed by atoms with van der Waals surface area (Å²) in [5.41, 5.74) is 0.578. The van der Waals surface area contributed by atoms with E-state index in [1.54, 1.807) is 12.1 Å². The van der Waals surface area contributed by atoms with Crippen LogP contribution in [0.3, 0.4) is 0 Å². The topological polar surface area (TPSA) is 148 Å². The number of nitrogens with one attached hydrogen (secondary N) is 2. The van der Waals surface area contributed by atoms with E-state index in [0.29, 0.717) is 22.4 Å². The lowest BCUT2D eigenvalue weighted by Gasteiger charge is -2.21. The minimum Gasteiger partial charge on any atom is -0.465 e. The van der Waals surface area contributed by atoms with Gasteiger partial charge in [-0.2, -0.15) is 8.42 Å². The van der Waals surface area contributed by atoms with Crippen molar-refractivity contribution in [2.75, 3.05) is 12.4 Å². The summed E-state index contributed by atoms with van der Waals surface area (Å²) in [7, 11) is -3.16. The molecular weight excluding hydrogens is 438 g/mol. The van der Waals surface area contributed by atoms with Crippen LogP contribution >= 0.6 is 0 Å². The molecule has 176 valence electrons. The predicted molar refractivity (Wildman–Crippen MR) is 117 cm³/mol. The molecule has 0 bridgehead atoms. The highest BCUT2D eigenvalue weighted by Crippen LogP contribution is 2.34. The van der Waals surface area contributed by atoms with Crippen molar-refractivity contribution in [3.05, 3.63) is 40.8 Å². The van der Waals surface area contributed by atoms with E-state index in [0.717, 1.165) is 6.20 Å². The SMILES string of the molecule is COC(=O)c1cc(C(C)C)c(NC(=O)NS(=O)(=O)c2ncc(C(C)(C)O)o2)c(C(C)C)c1. The zero-order valence-corrected chi connectivity index (χ0v) is 20.0. The number of rotatable bonds is 7. The maximum atomic E-state index is 12.6. The number of anilines is 1. The van der Waals surface area contributed by atoms with Crippen LogP contribution in [0.1, 0.15) is 80.6 Å². The van der Waals surface area contributed by atoms with Gasteiger partial charge in [0.15, 0.2) is 5.76 Å². The molecule has 10 nitrogen and oxygen atoms in total. The molecule has 0 aliphatic heterocycles. The average molecular weight is 468 g/mol. The van der Waals surface area contributed by atoms with Gasteiger partial charge in [-0.05, 0) is 48.9 Å². The zero-order valence-electron chi connectivity index (χ0n) is 19.1. The van der Waals surface area contributed by atoms with E-state index in [1.165, 1.54) is 21.0 Å². The fraction of sp³-hybridized carbons (Fsp3) is 0.476. The summed E-state index contributed by atoms with van der Waals surface area (Å²) < 4.78 is 36.8. The Kier molecular flexibility index (Phi) is 7.36. The normalized spacial score (nSPS) is 12.2. The van der Waals surface area contributed by atoms with Crippen molar-refractivity contribution in [2.24, 2.45) is 0 Å². The maximum Gasteiger partial charge on any atom is 0.337 e. The number of sulfonamides is 1. The Balaban J connectivity index is 2.40. The van der Waals surface area contributed by atoms with Crippen LogP contribution in [0.15, 0.2) is 28.0 Å². The fourth-order valence-corrected chi connectivity index (χ4v) is 3.72. The third-order valence-electron chi connectivity index (χ3n) is 4.65. The van der Waals surface area contributed by atoms with E-state index < -0.39 is 32.8 Å². The highest BCUT2D eigenvalue weighted by atomic mass is 32.2. The molecule has 0 saturated heterocycles. The molecule has 0 spiro atoms. The second-order valence-corrected chi connectivity index (χ2v) is 10.00. The van der Waals surface area contributed by atoms with Crippen LogP contribution in [0.25, 0.3) is 0 Å². The molecule has 2 rings (SSSR count). The fourth-order valence-electron chi connectivity index (χ4n) is 2.95. The Morgan fingerprint density at radius 2 is 1.66 bits per heavy atom. The number of oxazole rings is 1. The summed E-state index contributed by atoms with van der Waals surface area (Å²) in [5.74, 6) is -0.769. The molecule has 1 aromatic carbocycles. The van der Waals surface area contributed by atoms with Gasteiger partial charge in [-0.1, -0.05) is 27.7 Å². The second-order valence-electron chi connectivity index (χ2n) is 8.44. The van der Waals surface area contributed by atoms with Gasteiger partial charge in [0.25, 0.3) is 0 Å². The molecule has 2 aromatic rings. The van der Waals surface area contributed by atoms with Crippen molar-refractivity contribution in [2.45, 2.75) is 64.2 Å². The first-order chi connectivity index (χ1) is 14.7. The van der Waals surface area contributed by atoms with Crippen molar-refractivity contribution in [3.8, 4) is 0 Å². The largest absolute Gasteiger partial charge is 0.465 e. The monoisotopic (exact) mass is 467 g/mol. The predicted octanol–water partition coefficient (Wildman–Crippen LogP) is 3.45. The molecule has 0 fully saturated rings. The number of carbonyl (C=O) groups excluding carboxylic acids is 2. The zero-order chi connectivity index (χ0) is 24.4. The number of hydrogen-bond donors (Lipinski definition) is 3. The van der Waals surface area contributed by atoms with E-state index in [2.05, 4.69) is 10.3 Å². The van der Waals surface area contributed by atoms with Gasteiger partial charge >= 0.3 is 27.2 Å². The highest BCUT2D eigenvalue weighted by Gasteiger charge is 2.29. The average Bonchev–Trinajstić information content (AvgIpc) is 3.18. The van der Waals surface area contributed by atoms with Crippen molar-refractivity contribution < 1.29 is 32.3 Å². The number of carbonyl (C=O) groups is 2. The summed E-state index contributed by atoms with van der Waals surface area (Å²) in [6.07, 6.45) is 1.08. The molecule has 1 heterocycles. The number of aromatic nitrogens is 1. The van der Waals surface area contributed by atoms with Crippen LogP contribution in [0, 0.1) is 0 Å². The Morgan fingerprint density at radius 3 is 2.06 bits per heavy atom. The maximum absolute atomic E-state index is 12.6. The molecule has 0 radical (unpaired) electrons. The van der Waals surface area contributed by atoms with Gasteiger partial charge < -0.3 is 19.6 Å². The third kappa shape index (κ3) is 5.65. The van der Waals surface area contributed by atoms with E-state index in [9.17, 15) is 23.1 Å². The van der Waals surface area contributed by atoms with Gasteiger partial charge in [0.05, 0.1) is 18.9 Å². The van der Waals surface area contributed by atoms with Gasteiger partial charge in [0, 0.05) is 5.69 Å². The number of nitrogens with zero attached hydrogens (tertiary/aromatic N) is 1. The molecule has 11 heteroatoms. The number of ether oxygens (including phenoxy) is 1. The van der Waals surface area contributed by atoms with Crippen LogP contribution < -0.4 is 10.0 Å². The standard InChI is InChI=1S/C21H29N3O7S/c1-11(2)14-8-13(18(25)30-7)9-15(12(3)4)17(14)23-19(26)24-32(28,29)20-22-10-16(31-20)21(5,6)27/h8-12,27H,1-7H3,(H2,23,24,26). The highest BCUT2D eigenvalue weighted by molar-refractivity contribution is 7.89. The van der Waals surface area contributed by atoms with Crippen LogP contribution in [0.5, 0.6) is 0 Å². The number of aliphatic hydroxyl groups is 1. The van der Waals surface area contributed by atoms with E-state index in [-0.39, 0.29) is 17.6 Å². The van der Waals surface area contributed by atoms with Crippen molar-refractivity contribution >= 4 is 27.7 Å². The molecular formula is C21H29N3O7S. The van der Waals surface area contributed by atoms with Crippen LogP contribution in [0.2, 0.25) is 0 Å². The lowest BCUT2D eigenvalue weighted by Crippen LogP contribution is -2.35. The van der Waals surface area contributed by atoms with Crippen molar-refractivity contribution in [3.63, 3.8) is 0 Å². The number of hydrogen-bond acceptors (Lipinski definition) is 8. The quantitative estimate of drug-likeness (QED) is 0.525. The first-order valence-corrected chi connectivity index (χ1v) is 11.4. The molecule has 0 saturated carbocycles. The minimum atomic E-state index is -4.44. The molecule has 1 aromatic heterocycles.